The van der Waals surface area contributed by atoms with Gasteiger partial charge in [0.05, 0.1) is 28.8 Å². The van der Waals surface area contributed by atoms with E-state index in [1.807, 2.05) is 13.8 Å². The van der Waals surface area contributed by atoms with Crippen molar-refractivity contribution >= 4 is 43.3 Å². The largest absolute Gasteiger partial charge is 0.478 e. The third-order valence-electron chi connectivity index (χ3n) is 3.11. The predicted octanol–water partition coefficient (Wildman–Crippen LogP) is 2.53. The summed E-state index contributed by atoms with van der Waals surface area (Å²) < 4.78 is 32.5. The van der Waals surface area contributed by atoms with E-state index >= 15 is 0 Å². The van der Waals surface area contributed by atoms with Crippen LogP contribution in [0.4, 0.5) is 11.4 Å². The Morgan fingerprint density at radius 2 is 2.04 bits per heavy atom. The zero-order chi connectivity index (χ0) is 17.8. The Morgan fingerprint density at radius 1 is 1.43 bits per heavy atom. The second kappa shape index (κ2) is 7.98. The molecule has 0 aromatic heterocycles. The molecule has 0 saturated carbocycles. The Morgan fingerprint density at radius 3 is 2.52 bits per heavy atom. The summed E-state index contributed by atoms with van der Waals surface area (Å²) in [7, 11) is -2.29. The molecule has 1 aromatic rings. The lowest BCUT2D eigenvalue weighted by atomic mass is 10.1. The molecule has 0 aliphatic carbocycles. The number of carboxylic acids is 1. The summed E-state index contributed by atoms with van der Waals surface area (Å²) in [6.07, 6.45) is 0.131. The van der Waals surface area contributed by atoms with Crippen molar-refractivity contribution in [3.8, 4) is 0 Å². The van der Waals surface area contributed by atoms with Gasteiger partial charge in [-0.25, -0.2) is 13.2 Å². The van der Waals surface area contributed by atoms with Crippen LogP contribution in [0.1, 0.15) is 30.6 Å². The SMILES string of the molecule is COC(CC(C)C)CS(=O)(=O)Nc1cc(Br)cc(C(=O)O)c1N. The van der Waals surface area contributed by atoms with Gasteiger partial charge in [0.1, 0.15) is 0 Å². The van der Waals surface area contributed by atoms with Gasteiger partial charge in [0.15, 0.2) is 0 Å². The van der Waals surface area contributed by atoms with Gasteiger partial charge >= 0.3 is 5.97 Å². The Hall–Kier alpha value is -1.32. The maximum absolute atomic E-state index is 12.3. The second-order valence-corrected chi connectivity index (χ2v) is 8.27. The minimum absolute atomic E-state index is 0.0242. The fourth-order valence-electron chi connectivity index (χ4n) is 2.09. The van der Waals surface area contributed by atoms with Crippen molar-refractivity contribution in [2.75, 3.05) is 23.3 Å². The molecule has 0 aliphatic heterocycles. The first-order chi connectivity index (χ1) is 10.6. The highest BCUT2D eigenvalue weighted by molar-refractivity contribution is 9.10. The van der Waals surface area contributed by atoms with E-state index in [1.54, 1.807) is 0 Å². The number of ether oxygens (including phenoxy) is 1. The van der Waals surface area contributed by atoms with Crippen LogP contribution in [0.5, 0.6) is 0 Å². The molecule has 0 amide bonds. The van der Waals surface area contributed by atoms with Crippen molar-refractivity contribution in [2.24, 2.45) is 5.92 Å². The molecule has 0 saturated heterocycles. The van der Waals surface area contributed by atoms with Crippen molar-refractivity contribution in [1.29, 1.82) is 0 Å². The lowest BCUT2D eigenvalue weighted by molar-refractivity contribution is 0.0698. The van der Waals surface area contributed by atoms with Gasteiger partial charge in [-0.05, 0) is 24.5 Å². The summed E-state index contributed by atoms with van der Waals surface area (Å²) in [5, 5.41) is 9.10. The molecular formula is C14H21BrN2O5S. The number of anilines is 2. The van der Waals surface area contributed by atoms with Crippen molar-refractivity contribution < 1.29 is 23.1 Å². The minimum Gasteiger partial charge on any atom is -0.478 e. The molecule has 0 spiro atoms. The van der Waals surface area contributed by atoms with E-state index in [0.717, 1.165) is 0 Å². The van der Waals surface area contributed by atoms with E-state index in [1.165, 1.54) is 19.2 Å². The summed E-state index contributed by atoms with van der Waals surface area (Å²) in [5.41, 5.74) is 5.45. The number of nitrogens with one attached hydrogen (secondary N) is 1. The molecular weight excluding hydrogens is 388 g/mol. The van der Waals surface area contributed by atoms with Gasteiger partial charge in [-0.15, -0.1) is 0 Å². The highest BCUT2D eigenvalue weighted by Crippen LogP contribution is 2.29. The van der Waals surface area contributed by atoms with E-state index in [9.17, 15) is 13.2 Å². The molecule has 4 N–H and O–H groups in total. The van der Waals surface area contributed by atoms with Crippen LogP contribution in [-0.2, 0) is 14.8 Å². The maximum atomic E-state index is 12.3. The Bertz CT molecular complexity index is 676. The number of aromatic carboxylic acids is 1. The topological polar surface area (TPSA) is 119 Å². The normalized spacial score (nSPS) is 13.1. The number of nitrogens with two attached hydrogens (primary N) is 1. The first-order valence-corrected chi connectivity index (χ1v) is 9.35. The zero-order valence-corrected chi connectivity index (χ0v) is 15.6. The highest BCUT2D eigenvalue weighted by atomic mass is 79.9. The fourth-order valence-corrected chi connectivity index (χ4v) is 3.90. The van der Waals surface area contributed by atoms with Gasteiger partial charge < -0.3 is 15.6 Å². The van der Waals surface area contributed by atoms with Crippen molar-refractivity contribution in [1.82, 2.24) is 0 Å². The monoisotopic (exact) mass is 408 g/mol. The minimum atomic E-state index is -3.74. The molecule has 0 heterocycles. The zero-order valence-electron chi connectivity index (χ0n) is 13.2. The lowest BCUT2D eigenvalue weighted by Gasteiger charge is -2.19. The number of halogens is 1. The number of hydrogen-bond acceptors (Lipinski definition) is 5. The number of hydrogen-bond donors (Lipinski definition) is 3. The summed E-state index contributed by atoms with van der Waals surface area (Å²) in [6.45, 7) is 3.94. The Kier molecular flexibility index (Phi) is 6.84. The number of nitrogen functional groups attached to an aromatic ring is 1. The van der Waals surface area contributed by atoms with Crippen LogP contribution < -0.4 is 10.5 Å². The third-order valence-corrected chi connectivity index (χ3v) is 4.91. The lowest BCUT2D eigenvalue weighted by Crippen LogP contribution is -2.29. The average Bonchev–Trinajstić information content (AvgIpc) is 2.40. The van der Waals surface area contributed by atoms with E-state index in [-0.39, 0.29) is 28.6 Å². The number of carbonyl (C=O) groups is 1. The smallest absolute Gasteiger partial charge is 0.337 e. The third kappa shape index (κ3) is 6.00. The van der Waals surface area contributed by atoms with Gasteiger partial charge in [0.25, 0.3) is 0 Å². The quantitative estimate of drug-likeness (QED) is 0.568. The maximum Gasteiger partial charge on any atom is 0.337 e. The molecule has 0 aliphatic rings. The van der Waals surface area contributed by atoms with Crippen LogP contribution in [0, 0.1) is 5.92 Å². The van der Waals surface area contributed by atoms with Crippen molar-refractivity contribution in [2.45, 2.75) is 26.4 Å². The summed E-state index contributed by atoms with van der Waals surface area (Å²) in [6, 6.07) is 2.73. The average molecular weight is 409 g/mol. The number of methoxy groups -OCH3 is 1. The number of sulfonamides is 1. The Balaban J connectivity index is 3.04. The molecule has 130 valence electrons. The van der Waals surface area contributed by atoms with Gasteiger partial charge in [-0.2, -0.15) is 0 Å². The molecule has 1 unspecified atom stereocenters. The van der Waals surface area contributed by atoms with Gasteiger partial charge in [0.2, 0.25) is 10.0 Å². The molecule has 1 atom stereocenters. The van der Waals surface area contributed by atoms with Gasteiger partial charge in [0, 0.05) is 11.6 Å². The van der Waals surface area contributed by atoms with E-state index in [2.05, 4.69) is 20.7 Å². The van der Waals surface area contributed by atoms with Crippen LogP contribution in [-0.4, -0.2) is 38.5 Å². The highest BCUT2D eigenvalue weighted by Gasteiger charge is 2.22. The summed E-state index contributed by atoms with van der Waals surface area (Å²) >= 11 is 3.14. The predicted molar refractivity (Wildman–Crippen MR) is 93.2 cm³/mol. The molecule has 0 fully saturated rings. The molecule has 0 radical (unpaired) electrons. The van der Waals surface area contributed by atoms with Gasteiger partial charge in [-0.1, -0.05) is 29.8 Å². The second-order valence-electron chi connectivity index (χ2n) is 5.59. The number of benzene rings is 1. The van der Waals surface area contributed by atoms with Crippen LogP contribution in [0.15, 0.2) is 16.6 Å². The van der Waals surface area contributed by atoms with Crippen molar-refractivity contribution in [3.05, 3.63) is 22.2 Å². The standard InChI is InChI=1S/C14H21BrN2O5S/c1-8(2)4-10(22-3)7-23(20,21)17-12-6-9(15)5-11(13(12)16)14(18)19/h5-6,8,10,17H,4,7,16H2,1-3H3,(H,18,19). The molecule has 1 aromatic carbocycles. The summed E-state index contributed by atoms with van der Waals surface area (Å²) in [4.78, 5) is 11.1. The molecule has 23 heavy (non-hydrogen) atoms. The van der Waals surface area contributed by atoms with Crippen LogP contribution in [0.25, 0.3) is 0 Å². The molecule has 1 rings (SSSR count). The van der Waals surface area contributed by atoms with Crippen LogP contribution in [0.2, 0.25) is 0 Å². The molecule has 9 heteroatoms. The summed E-state index contributed by atoms with van der Waals surface area (Å²) in [5.74, 6) is -1.20. The van der Waals surface area contributed by atoms with Crippen molar-refractivity contribution in [3.63, 3.8) is 0 Å². The first-order valence-electron chi connectivity index (χ1n) is 6.91. The number of rotatable bonds is 8. The van der Waals surface area contributed by atoms with E-state index in [4.69, 9.17) is 15.6 Å². The van der Waals surface area contributed by atoms with Crippen LogP contribution in [0.3, 0.4) is 0 Å². The number of carboxylic acid groups (broad SMARTS) is 1. The van der Waals surface area contributed by atoms with Crippen LogP contribution >= 0.6 is 15.9 Å². The fraction of sp³-hybridized carbons (Fsp3) is 0.500. The van der Waals surface area contributed by atoms with Gasteiger partial charge in [-0.3, -0.25) is 4.72 Å². The molecule has 0 bridgehead atoms. The van der Waals surface area contributed by atoms with E-state index in [0.29, 0.717) is 10.9 Å². The first kappa shape index (κ1) is 19.7. The molecule has 7 nitrogen and oxygen atoms in total. The Labute approximate surface area is 144 Å². The van der Waals surface area contributed by atoms with E-state index < -0.39 is 22.1 Å².